The van der Waals surface area contributed by atoms with Crippen LogP contribution in [0.5, 0.6) is 0 Å². The third kappa shape index (κ3) is 3.23. The molecule has 0 bridgehead atoms. The van der Waals surface area contributed by atoms with Crippen molar-refractivity contribution in [3.05, 3.63) is 62.9 Å². The highest BCUT2D eigenvalue weighted by molar-refractivity contribution is 6.42. The molecule has 1 heterocycles. The smallest absolute Gasteiger partial charge is 0.112 e. The number of fused-ring (bicyclic) bond motifs is 1. The van der Waals surface area contributed by atoms with Crippen molar-refractivity contribution in [3.63, 3.8) is 0 Å². The monoisotopic (exact) mass is 348 g/mol. The summed E-state index contributed by atoms with van der Waals surface area (Å²) >= 11 is 12.1. The van der Waals surface area contributed by atoms with Gasteiger partial charge in [0.2, 0.25) is 0 Å². The molecule has 5 heteroatoms. The molecule has 120 valence electrons. The maximum absolute atomic E-state index is 9.33. The third-order valence-electron chi connectivity index (χ3n) is 4.10. The number of hydrogen-bond acceptors (Lipinski definition) is 2. The molecular weight excluding hydrogens is 331 g/mol. The quantitative estimate of drug-likeness (QED) is 0.751. The summed E-state index contributed by atoms with van der Waals surface area (Å²) in [6.07, 6.45) is 0.522. The van der Waals surface area contributed by atoms with E-state index in [0.29, 0.717) is 23.0 Å². The first-order valence-corrected chi connectivity index (χ1v) is 8.26. The number of halogens is 2. The van der Waals surface area contributed by atoms with E-state index < -0.39 is 0 Å². The van der Waals surface area contributed by atoms with E-state index in [0.717, 1.165) is 22.4 Å². The van der Waals surface area contributed by atoms with Crippen molar-refractivity contribution >= 4 is 34.2 Å². The molecule has 0 aliphatic carbocycles. The number of aliphatic hydroxyl groups excluding tert-OH is 1. The summed E-state index contributed by atoms with van der Waals surface area (Å²) in [5.41, 5.74) is 5.52. The Morgan fingerprint density at radius 2 is 1.78 bits per heavy atom. The zero-order chi connectivity index (χ0) is 16.6. The SMILES string of the molecule is Cc1cc2nc(CCO)n(Cc3ccc(Cl)c(Cl)c3)c2cc1C. The Labute approximate surface area is 145 Å². The molecule has 3 aromatic rings. The number of aromatic nitrogens is 2. The van der Waals surface area contributed by atoms with Crippen LogP contribution in [0.1, 0.15) is 22.5 Å². The lowest BCUT2D eigenvalue weighted by Gasteiger charge is -2.10. The second-order valence-corrected chi connectivity index (χ2v) is 6.58. The summed E-state index contributed by atoms with van der Waals surface area (Å²) in [4.78, 5) is 4.68. The van der Waals surface area contributed by atoms with Gasteiger partial charge in [-0.05, 0) is 54.8 Å². The van der Waals surface area contributed by atoms with Gasteiger partial charge in [0.05, 0.1) is 27.7 Å². The van der Waals surface area contributed by atoms with Gasteiger partial charge in [-0.25, -0.2) is 4.98 Å². The van der Waals surface area contributed by atoms with Gasteiger partial charge in [-0.3, -0.25) is 0 Å². The Hall–Kier alpha value is -1.55. The van der Waals surface area contributed by atoms with E-state index in [2.05, 4.69) is 35.5 Å². The fourth-order valence-corrected chi connectivity index (χ4v) is 3.04. The predicted octanol–water partition coefficient (Wildman–Crippen LogP) is 4.54. The summed E-state index contributed by atoms with van der Waals surface area (Å²) in [5, 5.41) is 10.4. The maximum Gasteiger partial charge on any atom is 0.112 e. The molecule has 0 spiro atoms. The Balaban J connectivity index is 2.11. The molecule has 0 atom stereocenters. The number of aliphatic hydroxyl groups is 1. The van der Waals surface area contributed by atoms with Crippen molar-refractivity contribution in [2.75, 3.05) is 6.61 Å². The molecule has 0 saturated carbocycles. The summed E-state index contributed by atoms with van der Waals surface area (Å²) in [5.74, 6) is 0.874. The Kier molecular flexibility index (Phi) is 4.62. The molecule has 0 amide bonds. The van der Waals surface area contributed by atoms with E-state index in [1.54, 1.807) is 6.07 Å². The predicted molar refractivity (Wildman–Crippen MR) is 95.6 cm³/mol. The average Bonchev–Trinajstić information content (AvgIpc) is 2.81. The minimum absolute atomic E-state index is 0.0721. The molecule has 0 radical (unpaired) electrons. The third-order valence-corrected chi connectivity index (χ3v) is 4.84. The van der Waals surface area contributed by atoms with E-state index in [4.69, 9.17) is 23.2 Å². The molecule has 1 aromatic heterocycles. The number of imidazole rings is 1. The Morgan fingerprint density at radius 1 is 1.04 bits per heavy atom. The lowest BCUT2D eigenvalue weighted by atomic mass is 10.1. The minimum atomic E-state index is 0.0721. The van der Waals surface area contributed by atoms with Crippen LogP contribution in [0, 0.1) is 13.8 Å². The molecule has 1 N–H and O–H groups in total. The van der Waals surface area contributed by atoms with Gasteiger partial charge in [0.1, 0.15) is 5.82 Å². The van der Waals surface area contributed by atoms with Crippen LogP contribution in [0.4, 0.5) is 0 Å². The van der Waals surface area contributed by atoms with Crippen LogP contribution in [0.2, 0.25) is 10.0 Å². The van der Waals surface area contributed by atoms with E-state index in [1.807, 2.05) is 12.1 Å². The Bertz CT molecular complexity index is 871. The normalized spacial score (nSPS) is 11.3. The van der Waals surface area contributed by atoms with E-state index in [1.165, 1.54) is 11.1 Å². The summed E-state index contributed by atoms with van der Waals surface area (Å²) in [6.45, 7) is 4.89. The molecule has 0 fully saturated rings. The highest BCUT2D eigenvalue weighted by Crippen LogP contribution is 2.26. The number of aryl methyl sites for hydroxylation is 2. The second-order valence-electron chi connectivity index (χ2n) is 5.76. The van der Waals surface area contributed by atoms with Crippen LogP contribution in [0.25, 0.3) is 11.0 Å². The zero-order valence-electron chi connectivity index (χ0n) is 13.1. The summed E-state index contributed by atoms with van der Waals surface area (Å²) in [6, 6.07) is 9.88. The van der Waals surface area contributed by atoms with Crippen LogP contribution >= 0.6 is 23.2 Å². The number of nitrogens with zero attached hydrogens (tertiary/aromatic N) is 2. The van der Waals surface area contributed by atoms with Gasteiger partial charge in [-0.15, -0.1) is 0 Å². The van der Waals surface area contributed by atoms with Gasteiger partial charge >= 0.3 is 0 Å². The number of hydrogen-bond donors (Lipinski definition) is 1. The van der Waals surface area contributed by atoms with Crippen LogP contribution in [-0.2, 0) is 13.0 Å². The molecule has 0 unspecified atom stereocenters. The van der Waals surface area contributed by atoms with Crippen molar-refractivity contribution in [2.45, 2.75) is 26.8 Å². The first-order valence-electron chi connectivity index (χ1n) is 7.50. The fourth-order valence-electron chi connectivity index (χ4n) is 2.72. The van der Waals surface area contributed by atoms with Gasteiger partial charge in [-0.1, -0.05) is 29.3 Å². The number of benzene rings is 2. The molecule has 0 aliphatic heterocycles. The molecule has 0 saturated heterocycles. The first-order chi connectivity index (χ1) is 11.0. The topological polar surface area (TPSA) is 38.1 Å². The van der Waals surface area contributed by atoms with Gasteiger partial charge in [0.15, 0.2) is 0 Å². The van der Waals surface area contributed by atoms with Crippen LogP contribution in [-0.4, -0.2) is 21.3 Å². The summed E-state index contributed by atoms with van der Waals surface area (Å²) < 4.78 is 2.14. The van der Waals surface area contributed by atoms with Crippen molar-refractivity contribution < 1.29 is 5.11 Å². The maximum atomic E-state index is 9.33. The van der Waals surface area contributed by atoms with E-state index in [9.17, 15) is 5.11 Å². The Morgan fingerprint density at radius 3 is 2.48 bits per heavy atom. The fraction of sp³-hybridized carbons (Fsp3) is 0.278. The average molecular weight is 349 g/mol. The van der Waals surface area contributed by atoms with Gasteiger partial charge in [0.25, 0.3) is 0 Å². The molecule has 0 aliphatic rings. The van der Waals surface area contributed by atoms with Crippen LogP contribution < -0.4 is 0 Å². The van der Waals surface area contributed by atoms with Crippen LogP contribution in [0.15, 0.2) is 30.3 Å². The first kappa shape index (κ1) is 16.3. The molecule has 23 heavy (non-hydrogen) atoms. The van der Waals surface area contributed by atoms with Crippen molar-refractivity contribution in [2.24, 2.45) is 0 Å². The van der Waals surface area contributed by atoms with Gasteiger partial charge in [-0.2, -0.15) is 0 Å². The van der Waals surface area contributed by atoms with Crippen molar-refractivity contribution in [1.82, 2.24) is 9.55 Å². The van der Waals surface area contributed by atoms with Crippen molar-refractivity contribution in [1.29, 1.82) is 0 Å². The van der Waals surface area contributed by atoms with Crippen LogP contribution in [0.3, 0.4) is 0 Å². The summed E-state index contributed by atoms with van der Waals surface area (Å²) in [7, 11) is 0. The minimum Gasteiger partial charge on any atom is -0.396 e. The van der Waals surface area contributed by atoms with Gasteiger partial charge in [0, 0.05) is 13.0 Å². The van der Waals surface area contributed by atoms with Crippen molar-refractivity contribution in [3.8, 4) is 0 Å². The second kappa shape index (κ2) is 6.52. The van der Waals surface area contributed by atoms with Gasteiger partial charge < -0.3 is 9.67 Å². The van der Waals surface area contributed by atoms with E-state index in [-0.39, 0.29) is 6.61 Å². The lowest BCUT2D eigenvalue weighted by Crippen LogP contribution is -2.07. The zero-order valence-corrected chi connectivity index (χ0v) is 14.6. The lowest BCUT2D eigenvalue weighted by molar-refractivity contribution is 0.295. The van der Waals surface area contributed by atoms with E-state index >= 15 is 0 Å². The molecule has 2 aromatic carbocycles. The number of rotatable bonds is 4. The highest BCUT2D eigenvalue weighted by Gasteiger charge is 2.13. The molecule has 3 nitrogen and oxygen atoms in total. The highest BCUT2D eigenvalue weighted by atomic mass is 35.5. The molecular formula is C18H18Cl2N2O. The standard InChI is InChI=1S/C18H18Cl2N2O/c1-11-7-16-17(8-12(11)2)22(18(21-16)5-6-23)10-13-3-4-14(19)15(20)9-13/h3-4,7-9,23H,5-6,10H2,1-2H3. The molecule has 3 rings (SSSR count). The largest absolute Gasteiger partial charge is 0.396 e.